The molecule has 0 heterocycles. The van der Waals surface area contributed by atoms with Gasteiger partial charge in [-0.2, -0.15) is 0 Å². The Morgan fingerprint density at radius 1 is 0.579 bits per heavy atom. The molecular formula is C44H77O12P. The summed E-state index contributed by atoms with van der Waals surface area (Å²) in [5.41, 5.74) is 0. The van der Waals surface area contributed by atoms with E-state index in [1.807, 2.05) is 12.2 Å². The number of aliphatic hydroxyl groups excluding tert-OH is 5. The SMILES string of the molecule is CC/C=C\C/C=C\C/C=C\C/C=C\C/C=C\CCCC(=O)OC(COCCCCCCCCCCCCCCC)COP(=O)(O)OC1C(O)C(O)C(O)C(O)C1O. The normalized spacial score (nSPS) is 23.4. The van der Waals surface area contributed by atoms with Gasteiger partial charge < -0.3 is 39.9 Å². The van der Waals surface area contributed by atoms with Gasteiger partial charge >= 0.3 is 13.8 Å². The van der Waals surface area contributed by atoms with Crippen LogP contribution in [0, 0.1) is 0 Å². The predicted molar refractivity (Wildman–Crippen MR) is 225 cm³/mol. The highest BCUT2D eigenvalue weighted by Crippen LogP contribution is 2.47. The number of rotatable bonds is 35. The van der Waals surface area contributed by atoms with Crippen LogP contribution in [-0.4, -0.2) is 98.9 Å². The van der Waals surface area contributed by atoms with E-state index in [-0.39, 0.29) is 13.0 Å². The number of phosphoric ester groups is 1. The van der Waals surface area contributed by atoms with Crippen molar-refractivity contribution in [3.63, 3.8) is 0 Å². The Morgan fingerprint density at radius 3 is 1.51 bits per heavy atom. The van der Waals surface area contributed by atoms with Gasteiger partial charge in [0.15, 0.2) is 0 Å². The molecule has 6 atom stereocenters. The molecule has 0 radical (unpaired) electrons. The second-order valence-electron chi connectivity index (χ2n) is 14.8. The third-order valence-electron chi connectivity index (χ3n) is 9.65. The van der Waals surface area contributed by atoms with Crippen molar-refractivity contribution in [2.75, 3.05) is 19.8 Å². The molecule has 1 aliphatic carbocycles. The molecule has 0 saturated heterocycles. The molecule has 0 bridgehead atoms. The maximum atomic E-state index is 12.8. The van der Waals surface area contributed by atoms with Crippen LogP contribution >= 0.6 is 7.82 Å². The number of carbonyl (C=O) groups is 1. The first kappa shape index (κ1) is 53.1. The lowest BCUT2D eigenvalue weighted by atomic mass is 9.85. The van der Waals surface area contributed by atoms with Crippen molar-refractivity contribution in [3.8, 4) is 0 Å². The van der Waals surface area contributed by atoms with E-state index in [2.05, 4.69) is 62.5 Å². The Bertz CT molecular complexity index is 1170. The van der Waals surface area contributed by atoms with Crippen LogP contribution in [0.25, 0.3) is 0 Å². The van der Waals surface area contributed by atoms with Crippen LogP contribution < -0.4 is 0 Å². The van der Waals surface area contributed by atoms with Gasteiger partial charge in [-0.3, -0.25) is 13.8 Å². The molecule has 0 amide bonds. The number of hydrogen-bond donors (Lipinski definition) is 6. The molecule has 6 unspecified atom stereocenters. The molecule has 330 valence electrons. The first-order valence-electron chi connectivity index (χ1n) is 21.6. The Balaban J connectivity index is 2.48. The number of hydrogen-bond acceptors (Lipinski definition) is 11. The molecule has 1 aliphatic rings. The van der Waals surface area contributed by atoms with Crippen LogP contribution in [0.15, 0.2) is 60.8 Å². The van der Waals surface area contributed by atoms with Crippen molar-refractivity contribution in [1.82, 2.24) is 0 Å². The zero-order chi connectivity index (χ0) is 42.0. The summed E-state index contributed by atoms with van der Waals surface area (Å²) >= 11 is 0. The highest BCUT2D eigenvalue weighted by molar-refractivity contribution is 7.47. The minimum absolute atomic E-state index is 0.100. The van der Waals surface area contributed by atoms with Crippen molar-refractivity contribution >= 4 is 13.8 Å². The molecule has 0 aliphatic heterocycles. The molecular weight excluding hydrogens is 751 g/mol. The van der Waals surface area contributed by atoms with E-state index in [9.17, 15) is 39.8 Å². The summed E-state index contributed by atoms with van der Waals surface area (Å²) in [6, 6.07) is 0. The molecule has 13 heteroatoms. The third-order valence-corrected chi connectivity index (χ3v) is 10.6. The Labute approximate surface area is 343 Å². The second-order valence-corrected chi connectivity index (χ2v) is 16.2. The van der Waals surface area contributed by atoms with Crippen LogP contribution in [0.1, 0.15) is 149 Å². The van der Waals surface area contributed by atoms with E-state index in [4.69, 9.17) is 18.5 Å². The average Bonchev–Trinajstić information content (AvgIpc) is 3.19. The quantitative estimate of drug-likeness (QED) is 0.0155. The fourth-order valence-electron chi connectivity index (χ4n) is 6.21. The van der Waals surface area contributed by atoms with E-state index in [1.54, 1.807) is 0 Å². The van der Waals surface area contributed by atoms with Gasteiger partial charge in [0.05, 0.1) is 13.2 Å². The number of phosphoric acid groups is 1. The lowest BCUT2D eigenvalue weighted by Gasteiger charge is -2.41. The standard InChI is InChI=1S/C44H77O12P/c1-3-5-7-9-11-13-15-17-18-19-20-21-23-25-27-29-31-33-38(45)55-37(35-53-34-32-30-28-26-24-22-16-14-12-10-8-6-4-2)36-54-57(51,52)56-44-42(49)40(47)39(46)41(48)43(44)50/h5,7,11,13,17-18,20-21,25,27,37,39-44,46-50H,3-4,6,8-10,12,14-16,19,22-24,26,28-36H2,1-2H3,(H,51,52)/b7-5-,13-11-,18-17-,21-20-,27-25-. The summed E-state index contributed by atoms with van der Waals surface area (Å²) in [5.74, 6) is -0.535. The lowest BCUT2D eigenvalue weighted by Crippen LogP contribution is -2.64. The number of allylic oxidation sites excluding steroid dienone is 10. The number of aliphatic hydroxyl groups is 5. The van der Waals surface area contributed by atoms with Gasteiger partial charge in [-0.05, 0) is 51.4 Å². The van der Waals surface area contributed by atoms with Crippen molar-refractivity contribution in [2.45, 2.75) is 191 Å². The number of ether oxygens (including phenoxy) is 2. The fraction of sp³-hybridized carbons (Fsp3) is 0.750. The van der Waals surface area contributed by atoms with Crippen LogP contribution in [0.3, 0.4) is 0 Å². The average molecular weight is 829 g/mol. The van der Waals surface area contributed by atoms with E-state index in [0.29, 0.717) is 19.4 Å². The molecule has 0 aromatic carbocycles. The van der Waals surface area contributed by atoms with E-state index < -0.39 is 63.1 Å². The van der Waals surface area contributed by atoms with Crippen molar-refractivity contribution < 1.29 is 58.3 Å². The van der Waals surface area contributed by atoms with E-state index in [0.717, 1.165) is 51.4 Å². The first-order valence-corrected chi connectivity index (χ1v) is 23.1. The Morgan fingerprint density at radius 2 is 1.02 bits per heavy atom. The van der Waals surface area contributed by atoms with Crippen LogP contribution in [0.4, 0.5) is 0 Å². The van der Waals surface area contributed by atoms with E-state index >= 15 is 0 Å². The maximum Gasteiger partial charge on any atom is 0.472 e. The highest BCUT2D eigenvalue weighted by atomic mass is 31.2. The molecule has 0 spiro atoms. The molecule has 12 nitrogen and oxygen atoms in total. The summed E-state index contributed by atoms with van der Waals surface area (Å²) in [5, 5.41) is 50.1. The van der Waals surface area contributed by atoms with E-state index in [1.165, 1.54) is 64.2 Å². The summed E-state index contributed by atoms with van der Waals surface area (Å²) < 4.78 is 34.0. The number of carbonyl (C=O) groups excluding carboxylic acids is 1. The summed E-state index contributed by atoms with van der Waals surface area (Å²) in [4.78, 5) is 23.1. The van der Waals surface area contributed by atoms with Crippen molar-refractivity contribution in [1.29, 1.82) is 0 Å². The molecule has 1 fully saturated rings. The second kappa shape index (κ2) is 34.9. The molecule has 0 aromatic rings. The first-order chi connectivity index (χ1) is 27.5. The van der Waals surface area contributed by atoms with Gasteiger partial charge in [0.25, 0.3) is 0 Å². The zero-order valence-electron chi connectivity index (χ0n) is 34.9. The number of unbranched alkanes of at least 4 members (excludes halogenated alkanes) is 13. The van der Waals surface area contributed by atoms with Gasteiger partial charge in [-0.15, -0.1) is 0 Å². The minimum Gasteiger partial charge on any atom is -0.457 e. The predicted octanol–water partition coefficient (Wildman–Crippen LogP) is 8.25. The largest absolute Gasteiger partial charge is 0.472 e. The summed E-state index contributed by atoms with van der Waals surface area (Å²) in [6.07, 6.45) is 30.1. The van der Waals surface area contributed by atoms with Crippen LogP contribution in [0.5, 0.6) is 0 Å². The van der Waals surface area contributed by atoms with Gasteiger partial charge in [0.1, 0.15) is 42.7 Å². The van der Waals surface area contributed by atoms with Gasteiger partial charge in [-0.1, -0.05) is 152 Å². The molecule has 6 N–H and O–H groups in total. The molecule has 57 heavy (non-hydrogen) atoms. The molecule has 0 aromatic heterocycles. The Kier molecular flexibility index (Phi) is 32.4. The molecule has 1 rings (SSSR count). The highest BCUT2D eigenvalue weighted by Gasteiger charge is 2.51. The summed E-state index contributed by atoms with van der Waals surface area (Å²) in [7, 11) is -5.03. The monoisotopic (exact) mass is 829 g/mol. The smallest absolute Gasteiger partial charge is 0.457 e. The fourth-order valence-corrected chi connectivity index (χ4v) is 7.19. The minimum atomic E-state index is -5.03. The van der Waals surface area contributed by atoms with Crippen molar-refractivity contribution in [3.05, 3.63) is 60.8 Å². The number of esters is 1. The molecule has 1 saturated carbocycles. The maximum absolute atomic E-state index is 12.8. The van der Waals surface area contributed by atoms with Crippen LogP contribution in [0.2, 0.25) is 0 Å². The lowest BCUT2D eigenvalue weighted by molar-refractivity contribution is -0.220. The zero-order valence-corrected chi connectivity index (χ0v) is 35.8. The van der Waals surface area contributed by atoms with Crippen LogP contribution in [-0.2, 0) is 27.9 Å². The van der Waals surface area contributed by atoms with Gasteiger partial charge in [0.2, 0.25) is 0 Å². The third kappa shape index (κ3) is 27.4. The van der Waals surface area contributed by atoms with Gasteiger partial charge in [0, 0.05) is 13.0 Å². The summed E-state index contributed by atoms with van der Waals surface area (Å²) in [6.45, 7) is 4.07. The van der Waals surface area contributed by atoms with Gasteiger partial charge in [-0.25, -0.2) is 4.57 Å². The topological polar surface area (TPSA) is 192 Å². The Hall–Kier alpha value is -1.96. The van der Waals surface area contributed by atoms with Crippen molar-refractivity contribution in [2.24, 2.45) is 0 Å².